The number of para-hydroxylation sites is 1. The van der Waals surface area contributed by atoms with E-state index in [-0.39, 0.29) is 24.0 Å². The maximum atomic E-state index is 4.78. The van der Waals surface area contributed by atoms with Crippen LogP contribution in [0.1, 0.15) is 25.3 Å². The normalized spacial score (nSPS) is 15.0. The minimum absolute atomic E-state index is 0. The second kappa shape index (κ2) is 11.4. The van der Waals surface area contributed by atoms with Crippen LogP contribution in [0.3, 0.4) is 0 Å². The minimum Gasteiger partial charge on any atom is -0.363 e. The van der Waals surface area contributed by atoms with E-state index in [0.29, 0.717) is 12.6 Å². The number of guanidine groups is 1. The highest BCUT2D eigenvalue weighted by Gasteiger charge is 2.20. The summed E-state index contributed by atoms with van der Waals surface area (Å²) in [7, 11) is 0. The molecule has 2 aromatic heterocycles. The molecule has 2 N–H and O–H groups in total. The number of hydrogen-bond donors (Lipinski definition) is 2. The highest BCUT2D eigenvalue weighted by atomic mass is 127. The fourth-order valence-corrected chi connectivity index (χ4v) is 4.33. The lowest BCUT2D eigenvalue weighted by Gasteiger charge is -2.33. The van der Waals surface area contributed by atoms with Crippen molar-refractivity contribution in [1.82, 2.24) is 20.4 Å². The predicted octanol–water partition coefficient (Wildman–Crippen LogP) is 4.28. The maximum absolute atomic E-state index is 4.78. The average Bonchev–Trinajstić information content (AvgIpc) is 3.46. The van der Waals surface area contributed by atoms with Crippen molar-refractivity contribution in [3.63, 3.8) is 0 Å². The van der Waals surface area contributed by atoms with Gasteiger partial charge in [-0.15, -0.1) is 35.3 Å². The Morgan fingerprint density at radius 2 is 1.97 bits per heavy atom. The molecule has 3 heterocycles. The van der Waals surface area contributed by atoms with Gasteiger partial charge >= 0.3 is 0 Å². The van der Waals surface area contributed by atoms with E-state index in [1.807, 2.05) is 58.7 Å². The van der Waals surface area contributed by atoms with Gasteiger partial charge in [-0.2, -0.15) is 5.10 Å². The van der Waals surface area contributed by atoms with Crippen LogP contribution >= 0.6 is 35.3 Å². The molecule has 0 unspecified atom stereocenters. The Balaban J connectivity index is 0.00000256. The van der Waals surface area contributed by atoms with Crippen LogP contribution in [0.4, 0.5) is 5.00 Å². The van der Waals surface area contributed by atoms with E-state index in [1.54, 1.807) is 0 Å². The molecule has 160 valence electrons. The first-order valence-electron chi connectivity index (χ1n) is 10.2. The fourth-order valence-electron chi connectivity index (χ4n) is 3.54. The highest BCUT2D eigenvalue weighted by molar-refractivity contribution is 14.0. The van der Waals surface area contributed by atoms with Gasteiger partial charge in [-0.25, -0.2) is 9.67 Å². The molecular weight excluding hydrogens is 507 g/mol. The lowest BCUT2D eigenvalue weighted by atomic mass is 10.1. The molecular formula is C22H29IN6S. The number of rotatable bonds is 6. The average molecular weight is 536 g/mol. The summed E-state index contributed by atoms with van der Waals surface area (Å²) in [4.78, 5) is 7.26. The van der Waals surface area contributed by atoms with E-state index >= 15 is 0 Å². The predicted molar refractivity (Wildman–Crippen MR) is 136 cm³/mol. The van der Waals surface area contributed by atoms with E-state index in [2.05, 4.69) is 45.1 Å². The van der Waals surface area contributed by atoms with Crippen molar-refractivity contribution in [3.05, 3.63) is 65.8 Å². The maximum Gasteiger partial charge on any atom is 0.191 e. The standard InChI is InChI=1S/C22H28N6S.HI/c1-2-23-22(26-19-10-12-27(13-11-19)21-9-6-14-29-21)24-15-18-16-25-28(17-18)20-7-4-3-5-8-20;/h3-9,14,16-17,19H,2,10-13,15H2,1H3,(H2,23,24,26);1H. The summed E-state index contributed by atoms with van der Waals surface area (Å²) in [5.74, 6) is 0.884. The van der Waals surface area contributed by atoms with Gasteiger partial charge in [-0.05, 0) is 49.4 Å². The summed E-state index contributed by atoms with van der Waals surface area (Å²) < 4.78 is 1.89. The molecule has 8 heteroatoms. The molecule has 0 radical (unpaired) electrons. The molecule has 30 heavy (non-hydrogen) atoms. The number of aromatic nitrogens is 2. The van der Waals surface area contributed by atoms with Gasteiger partial charge in [0.2, 0.25) is 0 Å². The van der Waals surface area contributed by atoms with Crippen LogP contribution < -0.4 is 15.5 Å². The zero-order valence-electron chi connectivity index (χ0n) is 17.2. The molecule has 1 fully saturated rings. The topological polar surface area (TPSA) is 57.5 Å². The van der Waals surface area contributed by atoms with Crippen LogP contribution in [0.2, 0.25) is 0 Å². The van der Waals surface area contributed by atoms with Crippen LogP contribution in [-0.4, -0.2) is 41.4 Å². The van der Waals surface area contributed by atoms with Gasteiger partial charge in [0.15, 0.2) is 5.96 Å². The molecule has 1 saturated heterocycles. The van der Waals surface area contributed by atoms with E-state index in [0.717, 1.165) is 49.7 Å². The van der Waals surface area contributed by atoms with Crippen molar-refractivity contribution < 1.29 is 0 Å². The largest absolute Gasteiger partial charge is 0.363 e. The highest BCUT2D eigenvalue weighted by Crippen LogP contribution is 2.24. The van der Waals surface area contributed by atoms with Crippen molar-refractivity contribution in [3.8, 4) is 5.69 Å². The van der Waals surface area contributed by atoms with Gasteiger partial charge in [0.25, 0.3) is 0 Å². The fraction of sp³-hybridized carbons (Fsp3) is 0.364. The number of nitrogens with one attached hydrogen (secondary N) is 2. The van der Waals surface area contributed by atoms with E-state index in [1.165, 1.54) is 5.00 Å². The van der Waals surface area contributed by atoms with Gasteiger partial charge in [0.05, 0.1) is 23.4 Å². The van der Waals surface area contributed by atoms with Gasteiger partial charge in [0, 0.05) is 37.4 Å². The third-order valence-corrected chi connectivity index (χ3v) is 6.00. The number of benzene rings is 1. The quantitative estimate of drug-likeness (QED) is 0.281. The number of aliphatic imine (C=N–C) groups is 1. The lowest BCUT2D eigenvalue weighted by Crippen LogP contribution is -2.48. The number of nitrogens with zero attached hydrogens (tertiary/aromatic N) is 4. The monoisotopic (exact) mass is 536 g/mol. The molecule has 1 aliphatic heterocycles. The van der Waals surface area contributed by atoms with Crippen molar-refractivity contribution >= 4 is 46.3 Å². The van der Waals surface area contributed by atoms with Crippen LogP contribution in [0.5, 0.6) is 0 Å². The Morgan fingerprint density at radius 1 is 1.17 bits per heavy atom. The summed E-state index contributed by atoms with van der Waals surface area (Å²) in [5.41, 5.74) is 2.16. The molecule has 0 bridgehead atoms. The first kappa shape index (κ1) is 22.6. The Morgan fingerprint density at radius 3 is 2.67 bits per heavy atom. The lowest BCUT2D eigenvalue weighted by molar-refractivity contribution is 0.463. The van der Waals surface area contributed by atoms with Gasteiger partial charge in [-0.1, -0.05) is 18.2 Å². The summed E-state index contributed by atoms with van der Waals surface area (Å²) in [6, 6.07) is 14.9. The number of piperidine rings is 1. The van der Waals surface area contributed by atoms with Crippen LogP contribution in [0, 0.1) is 0 Å². The second-order valence-electron chi connectivity index (χ2n) is 7.18. The Bertz CT molecular complexity index is 901. The third-order valence-electron chi connectivity index (χ3n) is 5.07. The summed E-state index contributed by atoms with van der Waals surface area (Å²) in [5, 5.41) is 15.0. The van der Waals surface area contributed by atoms with E-state index < -0.39 is 0 Å². The number of thiophene rings is 1. The van der Waals surface area contributed by atoms with Crippen molar-refractivity contribution in [2.45, 2.75) is 32.4 Å². The number of anilines is 1. The molecule has 0 spiro atoms. The van der Waals surface area contributed by atoms with Crippen LogP contribution in [0.15, 0.2) is 65.2 Å². The zero-order chi connectivity index (χ0) is 19.9. The second-order valence-corrected chi connectivity index (χ2v) is 8.11. The first-order valence-corrected chi connectivity index (χ1v) is 11.1. The SMILES string of the molecule is CCNC(=NCc1cnn(-c2ccccc2)c1)NC1CCN(c2cccs2)CC1.I. The summed E-state index contributed by atoms with van der Waals surface area (Å²) in [6.07, 6.45) is 6.17. The molecule has 0 saturated carbocycles. The first-order chi connectivity index (χ1) is 14.3. The molecule has 6 nitrogen and oxygen atoms in total. The molecule has 4 rings (SSSR count). The van der Waals surface area contributed by atoms with Crippen molar-refractivity contribution in [2.24, 2.45) is 4.99 Å². The molecule has 3 aromatic rings. The van der Waals surface area contributed by atoms with E-state index in [9.17, 15) is 0 Å². The molecule has 0 amide bonds. The summed E-state index contributed by atoms with van der Waals surface area (Å²) in [6.45, 7) is 5.73. The molecule has 1 aliphatic rings. The van der Waals surface area contributed by atoms with Gasteiger partial charge in [0.1, 0.15) is 0 Å². The molecule has 1 aromatic carbocycles. The van der Waals surface area contributed by atoms with Crippen LogP contribution in [-0.2, 0) is 6.54 Å². The summed E-state index contributed by atoms with van der Waals surface area (Å²) >= 11 is 1.82. The third kappa shape index (κ3) is 5.98. The van der Waals surface area contributed by atoms with Crippen LogP contribution in [0.25, 0.3) is 5.69 Å². The Hall–Kier alpha value is -2.07. The number of hydrogen-bond acceptors (Lipinski definition) is 4. The Labute approximate surface area is 199 Å². The smallest absolute Gasteiger partial charge is 0.191 e. The number of halogens is 1. The van der Waals surface area contributed by atoms with Crippen molar-refractivity contribution in [2.75, 3.05) is 24.5 Å². The van der Waals surface area contributed by atoms with E-state index in [4.69, 9.17) is 4.99 Å². The van der Waals surface area contributed by atoms with Crippen molar-refractivity contribution in [1.29, 1.82) is 0 Å². The molecule has 0 aliphatic carbocycles. The molecule has 0 atom stereocenters. The van der Waals surface area contributed by atoms with Gasteiger partial charge < -0.3 is 15.5 Å². The Kier molecular flexibility index (Phi) is 8.56. The van der Waals surface area contributed by atoms with Gasteiger partial charge in [-0.3, -0.25) is 0 Å². The zero-order valence-corrected chi connectivity index (χ0v) is 20.3. The minimum atomic E-state index is 0.